The highest BCUT2D eigenvalue weighted by molar-refractivity contribution is 6.33. The van der Waals surface area contributed by atoms with Gasteiger partial charge >= 0.3 is 0 Å². The minimum Gasteiger partial charge on any atom is -0.496 e. The molecule has 1 aromatic carbocycles. The molecule has 3 heterocycles. The number of nitrogens with one attached hydrogen (secondary N) is 1. The van der Waals surface area contributed by atoms with Crippen LogP contribution in [0.1, 0.15) is 5.56 Å². The first-order valence-corrected chi connectivity index (χ1v) is 8.71. The summed E-state index contributed by atoms with van der Waals surface area (Å²) in [7, 11) is 1.62. The molecular weight excluding hydrogens is 379 g/mol. The van der Waals surface area contributed by atoms with Gasteiger partial charge in [-0.25, -0.2) is 15.0 Å². The number of halogens is 2. The lowest BCUT2D eigenvalue weighted by Crippen LogP contribution is -2.01. The van der Waals surface area contributed by atoms with Crippen molar-refractivity contribution in [2.75, 3.05) is 25.1 Å². The van der Waals surface area contributed by atoms with E-state index in [0.717, 1.165) is 22.2 Å². The number of aryl methyl sites for hydroxylation is 1. The highest BCUT2D eigenvalue weighted by Gasteiger charge is 2.23. The number of anilines is 2. The summed E-state index contributed by atoms with van der Waals surface area (Å²) in [6, 6.07) is 3.83. The van der Waals surface area contributed by atoms with Crippen LogP contribution in [0.2, 0.25) is 5.02 Å². The summed E-state index contributed by atoms with van der Waals surface area (Å²) in [5.41, 5.74) is 2.29. The van der Waals surface area contributed by atoms with Gasteiger partial charge in [-0.3, -0.25) is 0 Å². The third kappa shape index (κ3) is 2.93. The van der Waals surface area contributed by atoms with Crippen LogP contribution >= 0.6 is 23.2 Å². The molecule has 3 aromatic rings. The number of fused-ring (bicyclic) bond motifs is 2. The van der Waals surface area contributed by atoms with Crippen molar-refractivity contribution in [1.82, 2.24) is 15.0 Å². The van der Waals surface area contributed by atoms with Gasteiger partial charge in [-0.05, 0) is 24.1 Å². The maximum absolute atomic E-state index is 6.29. The van der Waals surface area contributed by atoms with Crippen LogP contribution in [0.25, 0.3) is 10.9 Å². The molecule has 9 heteroatoms. The molecule has 7 nitrogen and oxygen atoms in total. The molecular formula is C17H14Cl2N4O3. The molecule has 0 aliphatic carbocycles. The molecule has 26 heavy (non-hydrogen) atoms. The van der Waals surface area contributed by atoms with E-state index in [9.17, 15) is 0 Å². The van der Waals surface area contributed by atoms with Crippen LogP contribution in [0.15, 0.2) is 24.7 Å². The summed E-state index contributed by atoms with van der Waals surface area (Å²) in [5.74, 6) is 2.62. The second-order valence-corrected chi connectivity index (χ2v) is 6.27. The highest BCUT2D eigenvalue weighted by atomic mass is 35.5. The fourth-order valence-corrected chi connectivity index (χ4v) is 3.17. The Morgan fingerprint density at radius 2 is 2.12 bits per heavy atom. The highest BCUT2D eigenvalue weighted by Crippen LogP contribution is 2.43. The van der Waals surface area contributed by atoms with Crippen LogP contribution < -0.4 is 19.5 Å². The lowest BCUT2D eigenvalue weighted by Gasteiger charge is -2.14. The quantitative estimate of drug-likeness (QED) is 0.658. The van der Waals surface area contributed by atoms with Gasteiger partial charge in [-0.2, -0.15) is 0 Å². The topological polar surface area (TPSA) is 78.4 Å². The van der Waals surface area contributed by atoms with Crippen LogP contribution in [-0.2, 0) is 6.42 Å². The van der Waals surface area contributed by atoms with E-state index in [-0.39, 0.29) is 6.79 Å². The fourth-order valence-electron chi connectivity index (χ4n) is 2.78. The number of pyridine rings is 1. The van der Waals surface area contributed by atoms with E-state index in [0.29, 0.717) is 40.5 Å². The zero-order valence-electron chi connectivity index (χ0n) is 13.8. The number of alkyl halides is 1. The monoisotopic (exact) mass is 392 g/mol. The zero-order chi connectivity index (χ0) is 18.1. The van der Waals surface area contributed by atoms with Gasteiger partial charge < -0.3 is 19.5 Å². The van der Waals surface area contributed by atoms with E-state index in [1.807, 2.05) is 12.1 Å². The van der Waals surface area contributed by atoms with E-state index in [2.05, 4.69) is 20.3 Å². The summed E-state index contributed by atoms with van der Waals surface area (Å²) in [6.07, 6.45) is 3.66. The number of aromatic nitrogens is 3. The van der Waals surface area contributed by atoms with E-state index >= 15 is 0 Å². The van der Waals surface area contributed by atoms with Gasteiger partial charge in [-0.1, -0.05) is 11.6 Å². The number of methoxy groups -OCH3 is 1. The lowest BCUT2D eigenvalue weighted by atomic mass is 10.1. The molecule has 2 aromatic heterocycles. The van der Waals surface area contributed by atoms with Crippen LogP contribution in [0.5, 0.6) is 17.4 Å². The Bertz CT molecular complexity index is 984. The van der Waals surface area contributed by atoms with Crippen molar-refractivity contribution in [3.63, 3.8) is 0 Å². The second-order valence-electron chi connectivity index (χ2n) is 5.49. The van der Waals surface area contributed by atoms with Crippen molar-refractivity contribution in [2.24, 2.45) is 0 Å². The third-order valence-corrected chi connectivity index (χ3v) is 4.47. The molecule has 1 N–H and O–H groups in total. The summed E-state index contributed by atoms with van der Waals surface area (Å²) >= 11 is 12.2. The standard InChI is InChI=1S/C17H14Cl2N4O3/c1-24-13-5-10-12(4-9(13)2-3-18)21-7-22-16(10)23-14-11(19)6-20-17-15(14)25-8-26-17/h4-7H,2-3,8H2,1H3,(H,20,21,22,23). The summed E-state index contributed by atoms with van der Waals surface area (Å²) < 4.78 is 16.3. The van der Waals surface area contributed by atoms with Gasteiger partial charge in [-0.15, -0.1) is 11.6 Å². The molecule has 0 unspecified atom stereocenters. The maximum Gasteiger partial charge on any atom is 0.262 e. The van der Waals surface area contributed by atoms with Gasteiger partial charge in [0.05, 0.1) is 23.8 Å². The fraction of sp³-hybridized carbons (Fsp3) is 0.235. The van der Waals surface area contributed by atoms with Crippen molar-refractivity contribution in [2.45, 2.75) is 6.42 Å². The van der Waals surface area contributed by atoms with E-state index in [1.165, 1.54) is 12.5 Å². The maximum atomic E-state index is 6.29. The number of hydrogen-bond donors (Lipinski definition) is 1. The molecule has 0 fully saturated rings. The minimum atomic E-state index is 0.0947. The minimum absolute atomic E-state index is 0.0947. The predicted octanol–water partition coefficient (Wildman–Crippen LogP) is 3.94. The molecule has 0 spiro atoms. The number of ether oxygens (including phenoxy) is 3. The van der Waals surface area contributed by atoms with Crippen LogP contribution in [-0.4, -0.2) is 34.7 Å². The molecule has 134 valence electrons. The molecule has 1 aliphatic heterocycles. The first kappa shape index (κ1) is 16.9. The molecule has 0 saturated carbocycles. The predicted molar refractivity (Wildman–Crippen MR) is 99.2 cm³/mol. The van der Waals surface area contributed by atoms with Crippen molar-refractivity contribution >= 4 is 45.6 Å². The van der Waals surface area contributed by atoms with Gasteiger partial charge in [0.25, 0.3) is 5.88 Å². The largest absolute Gasteiger partial charge is 0.496 e. The van der Waals surface area contributed by atoms with Crippen molar-refractivity contribution in [3.05, 3.63) is 35.2 Å². The van der Waals surface area contributed by atoms with Crippen molar-refractivity contribution in [3.8, 4) is 17.4 Å². The average Bonchev–Trinajstić information content (AvgIpc) is 3.13. The Morgan fingerprint density at radius 3 is 2.92 bits per heavy atom. The Hall–Kier alpha value is -2.51. The third-order valence-electron chi connectivity index (χ3n) is 4.00. The van der Waals surface area contributed by atoms with Crippen LogP contribution in [0.4, 0.5) is 11.5 Å². The Balaban J connectivity index is 1.82. The molecule has 0 atom stereocenters. The van der Waals surface area contributed by atoms with Gasteiger partial charge in [0.2, 0.25) is 12.5 Å². The van der Waals surface area contributed by atoms with Crippen molar-refractivity contribution in [1.29, 1.82) is 0 Å². The summed E-state index contributed by atoms with van der Waals surface area (Å²) in [5, 5.41) is 4.38. The summed E-state index contributed by atoms with van der Waals surface area (Å²) in [4.78, 5) is 12.8. The molecule has 4 rings (SSSR count). The first-order valence-electron chi connectivity index (χ1n) is 7.80. The van der Waals surface area contributed by atoms with Crippen LogP contribution in [0, 0.1) is 0 Å². The first-order chi connectivity index (χ1) is 12.7. The molecule has 0 saturated heterocycles. The number of nitrogens with zero attached hydrogens (tertiary/aromatic N) is 3. The Labute approximate surface area is 159 Å². The van der Waals surface area contributed by atoms with E-state index in [4.69, 9.17) is 37.4 Å². The molecule has 0 amide bonds. The number of benzene rings is 1. The Kier molecular flexibility index (Phi) is 4.57. The van der Waals surface area contributed by atoms with E-state index < -0.39 is 0 Å². The van der Waals surface area contributed by atoms with Crippen LogP contribution in [0.3, 0.4) is 0 Å². The molecule has 1 aliphatic rings. The number of hydrogen-bond acceptors (Lipinski definition) is 7. The zero-order valence-corrected chi connectivity index (χ0v) is 15.3. The van der Waals surface area contributed by atoms with E-state index in [1.54, 1.807) is 7.11 Å². The normalized spacial score (nSPS) is 12.4. The smallest absolute Gasteiger partial charge is 0.262 e. The summed E-state index contributed by atoms with van der Waals surface area (Å²) in [6.45, 7) is 0.0947. The van der Waals surface area contributed by atoms with Gasteiger partial charge in [0, 0.05) is 11.3 Å². The molecule has 0 radical (unpaired) electrons. The SMILES string of the molecule is COc1cc2c(Nc3c(Cl)cnc4c3OCO4)ncnc2cc1CCCl. The average molecular weight is 393 g/mol. The Morgan fingerprint density at radius 1 is 1.23 bits per heavy atom. The van der Waals surface area contributed by atoms with Gasteiger partial charge in [0.15, 0.2) is 0 Å². The lowest BCUT2D eigenvalue weighted by molar-refractivity contribution is 0.171. The molecule has 0 bridgehead atoms. The second kappa shape index (κ2) is 7.01. The van der Waals surface area contributed by atoms with Gasteiger partial charge in [0.1, 0.15) is 23.6 Å². The number of rotatable bonds is 5. The van der Waals surface area contributed by atoms with Crippen molar-refractivity contribution < 1.29 is 14.2 Å².